The molecule has 0 unspecified atom stereocenters. The van der Waals surface area contributed by atoms with Gasteiger partial charge in [-0.3, -0.25) is 4.90 Å². The number of hydrogen-bond donors (Lipinski definition) is 1. The van der Waals surface area contributed by atoms with Crippen molar-refractivity contribution in [1.29, 1.82) is 0 Å². The Bertz CT molecular complexity index is 494. The van der Waals surface area contributed by atoms with E-state index in [1.54, 1.807) is 0 Å². The molecular weight excluding hydrogens is 274 g/mol. The maximum atomic E-state index is 5.79. The van der Waals surface area contributed by atoms with E-state index in [0.717, 1.165) is 18.9 Å². The van der Waals surface area contributed by atoms with Crippen LogP contribution in [0.4, 0.5) is 11.4 Å². The second-order valence-corrected chi connectivity index (χ2v) is 7.31. The van der Waals surface area contributed by atoms with Crippen LogP contribution in [-0.4, -0.2) is 50.3 Å². The molecule has 3 saturated heterocycles. The summed E-state index contributed by atoms with van der Waals surface area (Å²) >= 11 is 0. The lowest BCUT2D eigenvalue weighted by molar-refractivity contribution is -0.0834. The van der Waals surface area contributed by atoms with Crippen molar-refractivity contribution in [3.63, 3.8) is 0 Å². The molecule has 4 nitrogen and oxygen atoms in total. The van der Waals surface area contributed by atoms with Crippen molar-refractivity contribution in [2.75, 3.05) is 50.0 Å². The topological polar surface area (TPSA) is 41.7 Å². The first kappa shape index (κ1) is 14.3. The first-order valence-corrected chi connectivity index (χ1v) is 8.66. The van der Waals surface area contributed by atoms with Crippen LogP contribution in [0, 0.1) is 5.41 Å². The fourth-order valence-electron chi connectivity index (χ4n) is 4.22. The molecule has 2 N–H and O–H groups in total. The summed E-state index contributed by atoms with van der Waals surface area (Å²) in [5, 5.41) is 0. The van der Waals surface area contributed by atoms with Crippen molar-refractivity contribution in [2.24, 2.45) is 5.41 Å². The Hall–Kier alpha value is -1.26. The minimum absolute atomic E-state index is 0.603. The number of likely N-dealkylation sites (tertiary alicyclic amines) is 1. The Balaban J connectivity index is 1.32. The monoisotopic (exact) mass is 301 g/mol. The van der Waals surface area contributed by atoms with Crippen LogP contribution >= 0.6 is 0 Å². The van der Waals surface area contributed by atoms with E-state index >= 15 is 0 Å². The summed E-state index contributed by atoms with van der Waals surface area (Å²) in [6.45, 7) is 6.84. The molecule has 120 valence electrons. The predicted molar refractivity (Wildman–Crippen MR) is 90.1 cm³/mol. The van der Waals surface area contributed by atoms with Crippen molar-refractivity contribution in [3.8, 4) is 0 Å². The second-order valence-electron chi connectivity index (χ2n) is 7.31. The molecule has 1 spiro atoms. The van der Waals surface area contributed by atoms with Crippen LogP contribution in [-0.2, 0) is 4.74 Å². The summed E-state index contributed by atoms with van der Waals surface area (Å²) in [6, 6.07) is 9.06. The lowest BCUT2D eigenvalue weighted by atomic mass is 9.71. The minimum Gasteiger partial charge on any atom is -0.399 e. The molecule has 0 atom stereocenters. The largest absolute Gasteiger partial charge is 0.399 e. The van der Waals surface area contributed by atoms with Gasteiger partial charge in [-0.15, -0.1) is 0 Å². The van der Waals surface area contributed by atoms with Crippen LogP contribution in [0.15, 0.2) is 24.3 Å². The maximum absolute atomic E-state index is 5.79. The maximum Gasteiger partial charge on any atom is 0.0645 e. The molecule has 3 aliphatic heterocycles. The van der Waals surface area contributed by atoms with E-state index in [-0.39, 0.29) is 0 Å². The summed E-state index contributed by atoms with van der Waals surface area (Å²) < 4.78 is 5.34. The van der Waals surface area contributed by atoms with Crippen LogP contribution in [0.1, 0.15) is 25.7 Å². The van der Waals surface area contributed by atoms with Gasteiger partial charge in [0.1, 0.15) is 0 Å². The summed E-state index contributed by atoms with van der Waals surface area (Å²) in [5.74, 6) is 0. The lowest BCUT2D eigenvalue weighted by Gasteiger charge is -2.50. The molecule has 0 aromatic heterocycles. The zero-order valence-electron chi connectivity index (χ0n) is 13.3. The van der Waals surface area contributed by atoms with Gasteiger partial charge in [0.15, 0.2) is 0 Å². The molecule has 1 aromatic rings. The Morgan fingerprint density at radius 2 is 1.50 bits per heavy atom. The van der Waals surface area contributed by atoms with Crippen LogP contribution in [0.2, 0.25) is 0 Å². The zero-order valence-corrected chi connectivity index (χ0v) is 13.3. The molecule has 0 radical (unpaired) electrons. The third-order valence-corrected chi connectivity index (χ3v) is 6.08. The molecule has 0 bridgehead atoms. The van der Waals surface area contributed by atoms with E-state index in [9.17, 15) is 0 Å². The minimum atomic E-state index is 0.603. The van der Waals surface area contributed by atoms with Crippen LogP contribution in [0.25, 0.3) is 0 Å². The van der Waals surface area contributed by atoms with E-state index in [1.807, 2.05) is 12.1 Å². The summed E-state index contributed by atoms with van der Waals surface area (Å²) in [7, 11) is 0. The highest BCUT2D eigenvalue weighted by Crippen LogP contribution is 2.42. The summed E-state index contributed by atoms with van der Waals surface area (Å²) in [4.78, 5) is 5.18. The van der Waals surface area contributed by atoms with Crippen molar-refractivity contribution in [2.45, 2.75) is 31.7 Å². The lowest BCUT2D eigenvalue weighted by Crippen LogP contribution is -2.54. The van der Waals surface area contributed by atoms with Gasteiger partial charge in [0.05, 0.1) is 19.3 Å². The highest BCUT2D eigenvalue weighted by molar-refractivity contribution is 5.53. The highest BCUT2D eigenvalue weighted by atomic mass is 16.5. The van der Waals surface area contributed by atoms with Crippen molar-refractivity contribution in [3.05, 3.63) is 24.3 Å². The SMILES string of the molecule is Nc1ccc(N2CCC3(CC2)CCN(C2COC2)CC3)cc1. The van der Waals surface area contributed by atoms with Crippen molar-refractivity contribution in [1.82, 2.24) is 4.90 Å². The van der Waals surface area contributed by atoms with Gasteiger partial charge in [-0.1, -0.05) is 0 Å². The van der Waals surface area contributed by atoms with Crippen molar-refractivity contribution >= 4 is 11.4 Å². The van der Waals surface area contributed by atoms with Gasteiger partial charge < -0.3 is 15.4 Å². The van der Waals surface area contributed by atoms with Gasteiger partial charge in [0.25, 0.3) is 0 Å². The Labute approximate surface area is 133 Å². The van der Waals surface area contributed by atoms with Crippen LogP contribution in [0.5, 0.6) is 0 Å². The fraction of sp³-hybridized carbons (Fsp3) is 0.667. The van der Waals surface area contributed by atoms with E-state index in [2.05, 4.69) is 21.9 Å². The first-order chi connectivity index (χ1) is 10.7. The standard InChI is InChI=1S/C18H27N3O/c19-15-1-3-16(4-2-15)20-9-5-18(6-10-20)7-11-21(12-8-18)17-13-22-14-17/h1-4,17H,5-14,19H2. The number of piperidine rings is 2. The highest BCUT2D eigenvalue weighted by Gasteiger charge is 2.39. The molecule has 22 heavy (non-hydrogen) atoms. The first-order valence-electron chi connectivity index (χ1n) is 8.66. The third kappa shape index (κ3) is 2.70. The van der Waals surface area contributed by atoms with E-state index < -0.39 is 0 Å². The second kappa shape index (κ2) is 5.74. The van der Waals surface area contributed by atoms with E-state index in [0.29, 0.717) is 11.5 Å². The molecule has 3 fully saturated rings. The molecule has 0 saturated carbocycles. The van der Waals surface area contributed by atoms with Gasteiger partial charge >= 0.3 is 0 Å². The van der Waals surface area contributed by atoms with Gasteiger partial charge in [0.2, 0.25) is 0 Å². The number of benzene rings is 1. The predicted octanol–water partition coefficient (Wildman–Crippen LogP) is 2.35. The van der Waals surface area contributed by atoms with Gasteiger partial charge in [0, 0.05) is 24.5 Å². The zero-order chi connectivity index (χ0) is 15.0. The van der Waals surface area contributed by atoms with E-state index in [1.165, 1.54) is 57.5 Å². The van der Waals surface area contributed by atoms with Gasteiger partial charge in [-0.2, -0.15) is 0 Å². The molecule has 3 aliphatic rings. The molecule has 3 heterocycles. The third-order valence-electron chi connectivity index (χ3n) is 6.08. The number of anilines is 2. The molecule has 4 heteroatoms. The average molecular weight is 301 g/mol. The Morgan fingerprint density at radius 3 is 2.05 bits per heavy atom. The number of ether oxygens (including phenoxy) is 1. The summed E-state index contributed by atoms with van der Waals surface area (Å²) in [6.07, 6.45) is 5.43. The number of nitrogen functional groups attached to an aromatic ring is 1. The molecular formula is C18H27N3O. The summed E-state index contributed by atoms with van der Waals surface area (Å²) in [5.41, 5.74) is 8.57. The molecule has 1 aromatic carbocycles. The van der Waals surface area contributed by atoms with Crippen molar-refractivity contribution < 1.29 is 4.74 Å². The Morgan fingerprint density at radius 1 is 0.909 bits per heavy atom. The Kier molecular flexibility index (Phi) is 3.74. The normalized spacial score (nSPS) is 26.1. The smallest absolute Gasteiger partial charge is 0.0645 e. The van der Waals surface area contributed by atoms with Gasteiger partial charge in [-0.05, 0) is 68.5 Å². The quantitative estimate of drug-likeness (QED) is 0.852. The number of hydrogen-bond acceptors (Lipinski definition) is 4. The number of rotatable bonds is 2. The molecule has 0 amide bonds. The molecule has 0 aliphatic carbocycles. The number of nitrogens with zero attached hydrogens (tertiary/aromatic N) is 2. The average Bonchev–Trinajstić information content (AvgIpc) is 2.50. The van der Waals surface area contributed by atoms with Gasteiger partial charge in [-0.25, -0.2) is 0 Å². The van der Waals surface area contributed by atoms with Crippen LogP contribution < -0.4 is 10.6 Å². The van der Waals surface area contributed by atoms with Crippen LogP contribution in [0.3, 0.4) is 0 Å². The number of nitrogens with two attached hydrogens (primary N) is 1. The fourth-order valence-corrected chi connectivity index (χ4v) is 4.22. The molecule has 4 rings (SSSR count). The van der Waals surface area contributed by atoms with E-state index in [4.69, 9.17) is 10.5 Å².